The molecule has 0 unspecified atom stereocenters. The summed E-state index contributed by atoms with van der Waals surface area (Å²) in [7, 11) is 0. The van der Waals surface area contributed by atoms with Gasteiger partial charge in [-0.1, -0.05) is 29.8 Å². The van der Waals surface area contributed by atoms with Gasteiger partial charge in [-0.3, -0.25) is 14.4 Å². The monoisotopic (exact) mass is 512 g/mol. The quantitative estimate of drug-likeness (QED) is 0.407. The number of carbonyl (C=O) groups excluding carboxylic acids is 2. The number of hydrogen-bond donors (Lipinski definition) is 1. The molecule has 2 aliphatic rings. The minimum Gasteiger partial charge on any atom is -0.486 e. The fourth-order valence-electron chi connectivity index (χ4n) is 4.56. The summed E-state index contributed by atoms with van der Waals surface area (Å²) in [6, 6.07) is 15.4. The van der Waals surface area contributed by atoms with Gasteiger partial charge in [-0.05, 0) is 25.1 Å². The fraction of sp³-hybridized carbons (Fsp3) is 0.207. The minimum atomic E-state index is -0.439. The number of pyridine rings is 1. The van der Waals surface area contributed by atoms with Crippen LogP contribution in [0.2, 0.25) is 0 Å². The van der Waals surface area contributed by atoms with Crippen molar-refractivity contribution in [1.29, 1.82) is 0 Å². The van der Waals surface area contributed by atoms with E-state index in [9.17, 15) is 14.4 Å². The van der Waals surface area contributed by atoms with Crippen molar-refractivity contribution in [3.05, 3.63) is 87.7 Å². The highest BCUT2D eigenvalue weighted by molar-refractivity contribution is 6.10. The number of nitrogens with zero attached hydrogens (tertiary/aromatic N) is 1. The molecule has 6 rings (SSSR count). The maximum atomic E-state index is 13.5. The van der Waals surface area contributed by atoms with Crippen molar-refractivity contribution in [3.63, 3.8) is 0 Å². The molecule has 0 spiro atoms. The maximum Gasteiger partial charge on any atom is 0.244 e. The van der Waals surface area contributed by atoms with Crippen molar-refractivity contribution in [1.82, 2.24) is 4.57 Å². The van der Waals surface area contributed by atoms with E-state index in [1.165, 1.54) is 6.20 Å². The lowest BCUT2D eigenvalue weighted by Crippen LogP contribution is -2.25. The van der Waals surface area contributed by atoms with Gasteiger partial charge in [0.25, 0.3) is 0 Å². The van der Waals surface area contributed by atoms with Crippen LogP contribution < -0.4 is 29.7 Å². The smallest absolute Gasteiger partial charge is 0.244 e. The molecule has 1 N–H and O–H groups in total. The molecule has 9 heteroatoms. The molecule has 192 valence electrons. The van der Waals surface area contributed by atoms with Gasteiger partial charge in [0.05, 0.1) is 16.5 Å². The minimum absolute atomic E-state index is 0.0369. The van der Waals surface area contributed by atoms with Crippen molar-refractivity contribution in [2.45, 2.75) is 13.5 Å². The molecule has 38 heavy (non-hydrogen) atoms. The van der Waals surface area contributed by atoms with Gasteiger partial charge in [0.2, 0.25) is 11.3 Å². The number of nitrogens with one attached hydrogen (secondary N) is 1. The molecule has 0 aliphatic carbocycles. The molecule has 9 nitrogen and oxygen atoms in total. The van der Waals surface area contributed by atoms with Gasteiger partial charge in [-0.25, -0.2) is 0 Å². The number of carbonyl (C=O) groups is 2. The van der Waals surface area contributed by atoms with E-state index in [-0.39, 0.29) is 23.4 Å². The number of ether oxygens (including phenoxy) is 4. The standard InChI is InChI=1S/C29H24N2O7/c1-17-2-4-18(5-3-17)28(33)21-15-31(22-14-26-25(37-10-11-38-26)13-20(22)29(21)34)16-27(32)30-19-6-7-23-24(12-19)36-9-8-35-23/h2-7,12-15H,8-11,16H2,1H3,(H,30,32). The van der Waals surface area contributed by atoms with Crippen molar-refractivity contribution < 1.29 is 28.5 Å². The van der Waals surface area contributed by atoms with E-state index in [0.717, 1.165) is 5.56 Å². The molecule has 4 aromatic rings. The Kier molecular flexibility index (Phi) is 5.95. The highest BCUT2D eigenvalue weighted by Gasteiger charge is 2.22. The molecule has 0 saturated carbocycles. The van der Waals surface area contributed by atoms with Gasteiger partial charge in [-0.15, -0.1) is 0 Å². The van der Waals surface area contributed by atoms with E-state index in [0.29, 0.717) is 66.2 Å². The Hall–Kier alpha value is -4.79. The van der Waals surface area contributed by atoms with Crippen LogP contribution in [0.15, 0.2) is 65.6 Å². The summed E-state index contributed by atoms with van der Waals surface area (Å²) in [6.45, 7) is 3.40. The molecule has 0 saturated heterocycles. The molecule has 1 aromatic heterocycles. The molecule has 0 atom stereocenters. The van der Waals surface area contributed by atoms with Crippen LogP contribution in [-0.2, 0) is 11.3 Å². The van der Waals surface area contributed by atoms with E-state index in [1.807, 2.05) is 19.1 Å². The van der Waals surface area contributed by atoms with Crippen LogP contribution in [0, 0.1) is 6.92 Å². The Balaban J connectivity index is 1.39. The van der Waals surface area contributed by atoms with Gasteiger partial charge in [0, 0.05) is 29.6 Å². The maximum absolute atomic E-state index is 13.5. The first kappa shape index (κ1) is 23.6. The van der Waals surface area contributed by atoms with E-state index >= 15 is 0 Å². The number of benzene rings is 3. The second-order valence-electron chi connectivity index (χ2n) is 9.11. The van der Waals surface area contributed by atoms with Gasteiger partial charge in [0.1, 0.15) is 33.0 Å². The van der Waals surface area contributed by atoms with E-state index < -0.39 is 11.2 Å². The molecule has 0 fully saturated rings. The highest BCUT2D eigenvalue weighted by atomic mass is 16.6. The predicted octanol–water partition coefficient (Wildman–Crippen LogP) is 3.72. The van der Waals surface area contributed by atoms with Crippen LogP contribution in [0.1, 0.15) is 21.5 Å². The molecule has 0 bridgehead atoms. The Morgan fingerprint density at radius 2 is 1.45 bits per heavy atom. The third kappa shape index (κ3) is 4.43. The number of rotatable bonds is 5. The first-order valence-electron chi connectivity index (χ1n) is 12.2. The first-order valence-corrected chi connectivity index (χ1v) is 12.2. The molecule has 3 heterocycles. The third-order valence-electron chi connectivity index (χ3n) is 6.44. The lowest BCUT2D eigenvalue weighted by Gasteiger charge is -2.21. The number of aromatic nitrogens is 1. The van der Waals surface area contributed by atoms with Gasteiger partial charge < -0.3 is 28.8 Å². The number of anilines is 1. The molecule has 1 amide bonds. The zero-order valence-corrected chi connectivity index (χ0v) is 20.6. The number of fused-ring (bicyclic) bond motifs is 3. The number of aryl methyl sites for hydroxylation is 1. The predicted molar refractivity (Wildman–Crippen MR) is 140 cm³/mol. The summed E-state index contributed by atoms with van der Waals surface area (Å²) in [5.41, 5.74) is 1.90. The number of amides is 1. The lowest BCUT2D eigenvalue weighted by molar-refractivity contribution is -0.116. The average molecular weight is 513 g/mol. The van der Waals surface area contributed by atoms with Gasteiger partial charge in [-0.2, -0.15) is 0 Å². The van der Waals surface area contributed by atoms with E-state index in [1.54, 1.807) is 47.0 Å². The zero-order valence-electron chi connectivity index (χ0n) is 20.6. The van der Waals surface area contributed by atoms with E-state index in [2.05, 4.69) is 5.32 Å². The summed E-state index contributed by atoms with van der Waals surface area (Å²) in [5, 5.41) is 3.12. The Bertz CT molecular complexity index is 1640. The first-order chi connectivity index (χ1) is 18.5. The molecule has 3 aromatic carbocycles. The Morgan fingerprint density at radius 3 is 2.16 bits per heavy atom. The SMILES string of the molecule is Cc1ccc(C(=O)c2cn(CC(=O)Nc3ccc4c(c3)OCCO4)c3cc4c(cc3c2=O)OCCO4)cc1. The molecule has 0 radical (unpaired) electrons. The summed E-state index contributed by atoms with van der Waals surface area (Å²) < 4.78 is 24.1. The van der Waals surface area contributed by atoms with Crippen LogP contribution >= 0.6 is 0 Å². The molecular formula is C29H24N2O7. The third-order valence-corrected chi connectivity index (χ3v) is 6.44. The second kappa shape index (κ2) is 9.59. The highest BCUT2D eigenvalue weighted by Crippen LogP contribution is 2.34. The second-order valence-corrected chi connectivity index (χ2v) is 9.11. The zero-order chi connectivity index (χ0) is 26.2. The van der Waals surface area contributed by atoms with Crippen molar-refractivity contribution in [2.75, 3.05) is 31.7 Å². The topological polar surface area (TPSA) is 105 Å². The Labute approximate surface area is 217 Å². The van der Waals surface area contributed by atoms with Crippen molar-refractivity contribution in [2.24, 2.45) is 0 Å². The summed E-state index contributed by atoms with van der Waals surface area (Å²) >= 11 is 0. The van der Waals surface area contributed by atoms with Crippen molar-refractivity contribution in [3.8, 4) is 23.0 Å². The summed E-state index contributed by atoms with van der Waals surface area (Å²) in [4.78, 5) is 40.0. The Morgan fingerprint density at radius 1 is 0.816 bits per heavy atom. The molecule has 2 aliphatic heterocycles. The summed E-state index contributed by atoms with van der Waals surface area (Å²) in [5.74, 6) is 1.29. The lowest BCUT2D eigenvalue weighted by atomic mass is 10.0. The van der Waals surface area contributed by atoms with Crippen LogP contribution in [0.4, 0.5) is 5.69 Å². The van der Waals surface area contributed by atoms with Crippen LogP contribution in [0.25, 0.3) is 10.9 Å². The molecular weight excluding hydrogens is 488 g/mol. The van der Waals surface area contributed by atoms with Gasteiger partial charge in [0.15, 0.2) is 28.8 Å². The number of hydrogen-bond acceptors (Lipinski definition) is 7. The largest absolute Gasteiger partial charge is 0.486 e. The average Bonchev–Trinajstić information content (AvgIpc) is 2.93. The van der Waals surface area contributed by atoms with Crippen LogP contribution in [-0.4, -0.2) is 42.7 Å². The fourth-order valence-corrected chi connectivity index (χ4v) is 4.56. The van der Waals surface area contributed by atoms with Crippen LogP contribution in [0.3, 0.4) is 0 Å². The van der Waals surface area contributed by atoms with E-state index in [4.69, 9.17) is 18.9 Å². The van der Waals surface area contributed by atoms with Gasteiger partial charge >= 0.3 is 0 Å². The summed E-state index contributed by atoms with van der Waals surface area (Å²) in [6.07, 6.45) is 1.44. The van der Waals surface area contributed by atoms with Crippen LogP contribution in [0.5, 0.6) is 23.0 Å². The number of ketones is 1. The van der Waals surface area contributed by atoms with Crippen molar-refractivity contribution >= 4 is 28.3 Å². The normalized spacial score (nSPS) is 13.7.